The molecule has 0 radical (unpaired) electrons. The molecule has 2 aromatic heterocycles. The van der Waals surface area contributed by atoms with Crippen molar-refractivity contribution in [2.24, 2.45) is 0 Å². The average molecular weight is 381 g/mol. The summed E-state index contributed by atoms with van der Waals surface area (Å²) in [6, 6.07) is 8.18. The van der Waals surface area contributed by atoms with Gasteiger partial charge < -0.3 is 20.3 Å². The van der Waals surface area contributed by atoms with Crippen molar-refractivity contribution >= 4 is 23.4 Å². The largest absolute Gasteiger partial charge is 0.378 e. The number of benzene rings is 1. The van der Waals surface area contributed by atoms with E-state index in [1.807, 2.05) is 6.07 Å². The molecular formula is C19H20FN7O. The zero-order valence-electron chi connectivity index (χ0n) is 15.3. The van der Waals surface area contributed by atoms with Crippen LogP contribution in [-0.2, 0) is 11.3 Å². The second-order valence-corrected chi connectivity index (χ2v) is 6.39. The Labute approximate surface area is 161 Å². The van der Waals surface area contributed by atoms with Crippen LogP contribution in [0, 0.1) is 5.82 Å². The predicted molar refractivity (Wildman–Crippen MR) is 104 cm³/mol. The van der Waals surface area contributed by atoms with Crippen LogP contribution < -0.4 is 15.5 Å². The standard InChI is InChI=1S/C19H20FN7O/c1-28-15-11-27(12-15)18-8-16(24-17-10-21-6-7-22-17)25-19(26-18)23-9-13-2-4-14(20)5-3-13/h2-8,10,15H,9,11-12H2,1H3,(H2,22,23,24,25,26). The monoisotopic (exact) mass is 381 g/mol. The fourth-order valence-electron chi connectivity index (χ4n) is 2.79. The molecule has 0 spiro atoms. The Bertz CT molecular complexity index is 917. The molecular weight excluding hydrogens is 361 g/mol. The van der Waals surface area contributed by atoms with Crippen molar-refractivity contribution in [3.63, 3.8) is 0 Å². The minimum Gasteiger partial charge on any atom is -0.378 e. The van der Waals surface area contributed by atoms with Crippen LogP contribution in [0.5, 0.6) is 0 Å². The lowest BCUT2D eigenvalue weighted by atomic mass is 10.1. The molecule has 0 aliphatic carbocycles. The molecule has 1 saturated heterocycles. The third kappa shape index (κ3) is 4.32. The van der Waals surface area contributed by atoms with Gasteiger partial charge in [0.1, 0.15) is 23.3 Å². The van der Waals surface area contributed by atoms with Gasteiger partial charge in [0.2, 0.25) is 5.95 Å². The molecule has 1 fully saturated rings. The summed E-state index contributed by atoms with van der Waals surface area (Å²) >= 11 is 0. The lowest BCUT2D eigenvalue weighted by molar-refractivity contribution is 0.0783. The third-order valence-electron chi connectivity index (χ3n) is 4.40. The van der Waals surface area contributed by atoms with Gasteiger partial charge in [0, 0.05) is 45.2 Å². The quantitative estimate of drug-likeness (QED) is 0.646. The Morgan fingerprint density at radius 2 is 1.96 bits per heavy atom. The first kappa shape index (κ1) is 18.1. The van der Waals surface area contributed by atoms with Crippen LogP contribution in [0.1, 0.15) is 5.56 Å². The van der Waals surface area contributed by atoms with E-state index in [0.29, 0.717) is 24.1 Å². The molecule has 4 rings (SSSR count). The Morgan fingerprint density at radius 3 is 2.68 bits per heavy atom. The number of rotatable bonds is 7. The number of ether oxygens (including phenoxy) is 1. The normalized spacial score (nSPS) is 13.9. The Balaban J connectivity index is 1.53. The van der Waals surface area contributed by atoms with Crippen LogP contribution in [0.3, 0.4) is 0 Å². The first-order chi connectivity index (χ1) is 13.7. The topological polar surface area (TPSA) is 88.1 Å². The SMILES string of the molecule is COC1CN(c2cc(Nc3cnccn3)nc(NCc3ccc(F)cc3)n2)C1. The summed E-state index contributed by atoms with van der Waals surface area (Å²) in [5.41, 5.74) is 0.933. The van der Waals surface area contributed by atoms with Gasteiger partial charge in [0.15, 0.2) is 0 Å². The number of nitrogens with zero attached hydrogens (tertiary/aromatic N) is 5. The number of aromatic nitrogens is 4. The molecule has 1 aliphatic heterocycles. The van der Waals surface area contributed by atoms with E-state index in [-0.39, 0.29) is 11.9 Å². The first-order valence-corrected chi connectivity index (χ1v) is 8.88. The maximum absolute atomic E-state index is 13.1. The van der Waals surface area contributed by atoms with Gasteiger partial charge in [-0.05, 0) is 17.7 Å². The number of hydrogen-bond donors (Lipinski definition) is 2. The Morgan fingerprint density at radius 1 is 1.14 bits per heavy atom. The van der Waals surface area contributed by atoms with E-state index in [2.05, 4.69) is 35.5 Å². The summed E-state index contributed by atoms with van der Waals surface area (Å²) in [5.74, 6) is 2.19. The van der Waals surface area contributed by atoms with Crippen LogP contribution in [0.15, 0.2) is 48.9 Å². The highest BCUT2D eigenvalue weighted by atomic mass is 19.1. The number of hydrogen-bond acceptors (Lipinski definition) is 8. The number of halogens is 1. The smallest absolute Gasteiger partial charge is 0.226 e. The summed E-state index contributed by atoms with van der Waals surface area (Å²) in [6.45, 7) is 2.03. The van der Waals surface area contributed by atoms with Crippen LogP contribution >= 0.6 is 0 Å². The van der Waals surface area contributed by atoms with Crippen molar-refractivity contribution in [3.8, 4) is 0 Å². The molecule has 28 heavy (non-hydrogen) atoms. The molecule has 1 aliphatic rings. The maximum Gasteiger partial charge on any atom is 0.226 e. The summed E-state index contributed by atoms with van der Waals surface area (Å²) in [7, 11) is 1.71. The van der Waals surface area contributed by atoms with Gasteiger partial charge in [-0.1, -0.05) is 12.1 Å². The van der Waals surface area contributed by atoms with Gasteiger partial charge in [0.05, 0.1) is 12.3 Å². The molecule has 0 atom stereocenters. The van der Waals surface area contributed by atoms with Crippen molar-refractivity contribution in [1.82, 2.24) is 19.9 Å². The zero-order chi connectivity index (χ0) is 19.3. The number of nitrogens with one attached hydrogen (secondary N) is 2. The Hall–Kier alpha value is -3.33. The van der Waals surface area contributed by atoms with Crippen molar-refractivity contribution in [3.05, 3.63) is 60.3 Å². The van der Waals surface area contributed by atoms with Gasteiger partial charge in [-0.2, -0.15) is 9.97 Å². The molecule has 1 aromatic carbocycles. The highest BCUT2D eigenvalue weighted by Gasteiger charge is 2.28. The van der Waals surface area contributed by atoms with Crippen molar-refractivity contribution in [2.75, 3.05) is 35.7 Å². The molecule has 3 aromatic rings. The fraction of sp³-hybridized carbons (Fsp3) is 0.263. The van der Waals surface area contributed by atoms with Crippen LogP contribution in [-0.4, -0.2) is 46.2 Å². The molecule has 0 unspecified atom stereocenters. The second kappa shape index (κ2) is 8.13. The molecule has 0 bridgehead atoms. The van der Waals surface area contributed by atoms with Crippen LogP contribution in [0.4, 0.5) is 27.8 Å². The maximum atomic E-state index is 13.1. The minimum atomic E-state index is -0.261. The summed E-state index contributed by atoms with van der Waals surface area (Å²) in [5, 5.41) is 6.34. The summed E-state index contributed by atoms with van der Waals surface area (Å²) < 4.78 is 18.4. The van der Waals surface area contributed by atoms with Crippen molar-refractivity contribution in [1.29, 1.82) is 0 Å². The lowest BCUT2D eigenvalue weighted by Gasteiger charge is -2.39. The van der Waals surface area contributed by atoms with E-state index in [9.17, 15) is 4.39 Å². The van der Waals surface area contributed by atoms with Crippen LogP contribution in [0.25, 0.3) is 0 Å². The van der Waals surface area contributed by atoms with Crippen molar-refractivity contribution < 1.29 is 9.13 Å². The van der Waals surface area contributed by atoms with E-state index in [4.69, 9.17) is 4.74 Å². The Kier molecular flexibility index (Phi) is 5.24. The molecule has 0 saturated carbocycles. The summed E-state index contributed by atoms with van der Waals surface area (Å²) in [4.78, 5) is 19.5. The van der Waals surface area contributed by atoms with Gasteiger partial charge in [0.25, 0.3) is 0 Å². The van der Waals surface area contributed by atoms with E-state index in [0.717, 1.165) is 24.5 Å². The highest BCUT2D eigenvalue weighted by molar-refractivity contribution is 5.59. The van der Waals surface area contributed by atoms with Gasteiger partial charge in [-0.15, -0.1) is 0 Å². The second-order valence-electron chi connectivity index (χ2n) is 6.39. The lowest BCUT2D eigenvalue weighted by Crippen LogP contribution is -2.52. The summed E-state index contributed by atoms with van der Waals surface area (Å²) in [6.07, 6.45) is 5.05. The molecule has 9 heteroatoms. The molecule has 0 amide bonds. The zero-order valence-corrected chi connectivity index (χ0v) is 15.3. The molecule has 8 nitrogen and oxygen atoms in total. The van der Waals surface area contributed by atoms with Gasteiger partial charge in [-0.3, -0.25) is 4.98 Å². The third-order valence-corrected chi connectivity index (χ3v) is 4.40. The first-order valence-electron chi connectivity index (χ1n) is 8.88. The fourth-order valence-corrected chi connectivity index (χ4v) is 2.79. The van der Waals surface area contributed by atoms with Gasteiger partial charge >= 0.3 is 0 Å². The molecule has 3 heterocycles. The molecule has 2 N–H and O–H groups in total. The van der Waals surface area contributed by atoms with E-state index >= 15 is 0 Å². The average Bonchev–Trinajstić information content (AvgIpc) is 2.67. The van der Waals surface area contributed by atoms with Gasteiger partial charge in [-0.25, -0.2) is 9.37 Å². The molecule has 144 valence electrons. The minimum absolute atomic E-state index is 0.210. The van der Waals surface area contributed by atoms with Crippen LogP contribution in [0.2, 0.25) is 0 Å². The van der Waals surface area contributed by atoms with Crippen molar-refractivity contribution in [2.45, 2.75) is 12.6 Å². The van der Waals surface area contributed by atoms with E-state index < -0.39 is 0 Å². The number of methoxy groups -OCH3 is 1. The van der Waals surface area contributed by atoms with E-state index in [1.165, 1.54) is 12.1 Å². The van der Waals surface area contributed by atoms with E-state index in [1.54, 1.807) is 37.8 Å². The highest BCUT2D eigenvalue weighted by Crippen LogP contribution is 2.25. The number of anilines is 4. The predicted octanol–water partition coefficient (Wildman–Crippen LogP) is 2.60.